The Balaban J connectivity index is -0.00000152. The first-order valence-corrected chi connectivity index (χ1v) is 44.7. The summed E-state index contributed by atoms with van der Waals surface area (Å²) in [5.74, 6) is 0. The van der Waals surface area contributed by atoms with Gasteiger partial charge in [-0.1, -0.05) is 437 Å². The third-order valence-electron chi connectivity index (χ3n) is 17.0. The molecule has 0 heterocycles. The normalized spacial score (nSPS) is 11.8. The number of unbranched alkanes of at least 4 members (excludes halogenated alkanes) is 60. The molecule has 0 aromatic rings. The van der Waals surface area contributed by atoms with Crippen LogP contribution in [0, 0.1) is 0 Å². The zero-order valence-electron chi connectivity index (χ0n) is 56.5. The van der Waals surface area contributed by atoms with E-state index in [1.54, 1.807) is 0 Å². The fourth-order valence-corrected chi connectivity index (χ4v) is 14.7. The summed E-state index contributed by atoms with van der Waals surface area (Å²) in [5.41, 5.74) is -4.91. The van der Waals surface area contributed by atoms with Crippen molar-refractivity contribution < 1.29 is 35.2 Å². The van der Waals surface area contributed by atoms with Gasteiger partial charge in [0.1, 0.15) is 0 Å². The molecular weight excluding hydrogens is 1180 g/mol. The van der Waals surface area contributed by atoms with Crippen molar-refractivity contribution in [2.75, 3.05) is 26.4 Å². The molecule has 0 bridgehead atoms. The van der Waals surface area contributed by atoms with Crippen LogP contribution >= 0.6 is 11.4 Å². The first kappa shape index (κ1) is 89.6. The first-order chi connectivity index (χ1) is 40.2. The molecule has 0 fully saturated rings. The van der Waals surface area contributed by atoms with E-state index >= 15 is 0 Å². The Morgan fingerprint density at radius 2 is 0.265 bits per heavy atom. The van der Waals surface area contributed by atoms with Gasteiger partial charge in [0.15, 0.2) is 0 Å². The van der Waals surface area contributed by atoms with Crippen LogP contribution in [0.1, 0.15) is 439 Å². The smallest absolute Gasteiger partial charge is 0.691 e. The Labute approximate surface area is 555 Å². The predicted octanol–water partition coefficient (Wildman–Crippen LogP) is 28.6. The molecule has 0 aliphatic rings. The molecule has 0 aliphatic carbocycles. The minimum atomic E-state index is -2.46. The molecular formula is C72H148CuO4P2S4. The van der Waals surface area contributed by atoms with E-state index in [0.717, 1.165) is 25.7 Å². The third-order valence-corrected chi connectivity index (χ3v) is 21.5. The van der Waals surface area contributed by atoms with Crippen molar-refractivity contribution in [3.63, 3.8) is 0 Å². The van der Waals surface area contributed by atoms with Crippen LogP contribution in [0.25, 0.3) is 0 Å². The van der Waals surface area contributed by atoms with Crippen molar-refractivity contribution in [2.45, 2.75) is 439 Å². The Hall–Kier alpha value is 2.36. The van der Waals surface area contributed by atoms with Crippen LogP contribution in [0.5, 0.6) is 0 Å². The zero-order chi connectivity index (χ0) is 59.9. The molecule has 0 N–H and O–H groups in total. The molecule has 4 nitrogen and oxygen atoms in total. The zero-order valence-corrected chi connectivity index (χ0v) is 62.5. The predicted molar refractivity (Wildman–Crippen MR) is 385 cm³/mol. The Morgan fingerprint density at radius 1 is 0.181 bits per heavy atom. The summed E-state index contributed by atoms with van der Waals surface area (Å²) < 4.78 is 23.2. The van der Waals surface area contributed by atoms with Gasteiger partial charge in [0.05, 0.1) is 37.8 Å². The average molecular weight is 1330 g/mol. The molecule has 0 spiro atoms. The second-order valence-electron chi connectivity index (χ2n) is 25.4. The standard InChI is InChI=1S/2C36H75O2PS2.Cu/c2*1-3-5-7-9-11-13-15-17-19-21-23-25-27-29-31-33-35-37-39(40,41)38-36-34-32-30-28-26-24-22-20-18-16-14-12-10-8-6-4-2;/h2*3-36H2,1-2H3,(H,40,41);/q;;+2/p-2. The van der Waals surface area contributed by atoms with Gasteiger partial charge in [-0.2, -0.15) is 0 Å². The number of hydrogen-bond acceptors (Lipinski definition) is 8. The third kappa shape index (κ3) is 84.4. The van der Waals surface area contributed by atoms with Gasteiger partial charge in [0, 0.05) is 0 Å². The molecule has 0 atom stereocenters. The summed E-state index contributed by atoms with van der Waals surface area (Å²) in [6.07, 6.45) is 88.3. The Bertz CT molecular complexity index is 1080. The second kappa shape index (κ2) is 78.6. The SMILES string of the molecule is CCCCCCCCCCCCCCCCCCOP(=S)([S-])OCCCCCCCCCCCCCCCCCC.CCCCCCCCCCCCCCCCCCOP(=S)([S-])OCCCCCCCCCCCCCCCCCC.[Cu+2]. The van der Waals surface area contributed by atoms with Crippen molar-refractivity contribution >= 4 is 59.5 Å². The van der Waals surface area contributed by atoms with E-state index in [1.165, 1.54) is 385 Å². The summed E-state index contributed by atoms with van der Waals surface area (Å²) in [4.78, 5) is 0. The van der Waals surface area contributed by atoms with Crippen molar-refractivity contribution in [3.05, 3.63) is 0 Å². The molecule has 1 radical (unpaired) electrons. The average Bonchev–Trinajstić information content (AvgIpc) is 3.46. The van der Waals surface area contributed by atoms with Gasteiger partial charge in [0.25, 0.3) is 0 Å². The van der Waals surface area contributed by atoms with Crippen molar-refractivity contribution in [1.29, 1.82) is 0 Å². The van der Waals surface area contributed by atoms with Crippen LogP contribution in [0.2, 0.25) is 0 Å². The van der Waals surface area contributed by atoms with Crippen LogP contribution in [-0.2, 0) is 83.3 Å². The molecule has 0 aromatic carbocycles. The van der Waals surface area contributed by atoms with E-state index in [0.29, 0.717) is 26.4 Å². The van der Waals surface area contributed by atoms with Gasteiger partial charge in [-0.05, 0) is 25.7 Å². The Morgan fingerprint density at radius 3 is 0.361 bits per heavy atom. The molecule has 0 amide bonds. The molecule has 505 valence electrons. The summed E-state index contributed by atoms with van der Waals surface area (Å²) >= 11 is 21.8. The number of hydrogen-bond donors (Lipinski definition) is 0. The molecule has 0 saturated carbocycles. The summed E-state index contributed by atoms with van der Waals surface area (Å²) in [6.45, 7) is 11.9. The van der Waals surface area contributed by atoms with Crippen LogP contribution < -0.4 is 0 Å². The quantitative estimate of drug-likeness (QED) is 0.0258. The van der Waals surface area contributed by atoms with Crippen LogP contribution in [-0.4, -0.2) is 26.4 Å². The largest absolute Gasteiger partial charge is 2.00 e. The van der Waals surface area contributed by atoms with Crippen molar-refractivity contribution in [2.24, 2.45) is 0 Å². The van der Waals surface area contributed by atoms with Gasteiger partial charge in [-0.25, -0.2) is 0 Å². The van der Waals surface area contributed by atoms with E-state index in [9.17, 15) is 0 Å². The van der Waals surface area contributed by atoms with E-state index in [-0.39, 0.29) is 17.1 Å². The molecule has 0 unspecified atom stereocenters. The van der Waals surface area contributed by atoms with Gasteiger partial charge >= 0.3 is 17.1 Å². The summed E-state index contributed by atoms with van der Waals surface area (Å²) in [6, 6.07) is 0. The van der Waals surface area contributed by atoms with Gasteiger partial charge < -0.3 is 42.6 Å². The minimum Gasteiger partial charge on any atom is -0.691 e. The fraction of sp³-hybridized carbons (Fsp3) is 1.00. The minimum absolute atomic E-state index is 0. The van der Waals surface area contributed by atoms with E-state index in [4.69, 9.17) is 66.2 Å². The van der Waals surface area contributed by atoms with Gasteiger partial charge in [-0.15, -0.1) is 0 Å². The second-order valence-corrected chi connectivity index (χ2v) is 35.4. The van der Waals surface area contributed by atoms with Gasteiger partial charge in [-0.3, -0.25) is 0 Å². The number of rotatable bonds is 72. The maximum Gasteiger partial charge on any atom is 2.00 e. The molecule has 11 heteroatoms. The maximum absolute atomic E-state index is 5.80. The fourth-order valence-electron chi connectivity index (χ4n) is 11.4. The Kier molecular flexibility index (Phi) is 84.8. The summed E-state index contributed by atoms with van der Waals surface area (Å²) in [5, 5.41) is 0. The summed E-state index contributed by atoms with van der Waals surface area (Å²) in [7, 11) is 0. The van der Waals surface area contributed by atoms with Gasteiger partial charge in [0.2, 0.25) is 0 Å². The van der Waals surface area contributed by atoms with Crippen LogP contribution in [0.15, 0.2) is 0 Å². The molecule has 0 aromatic heterocycles. The molecule has 83 heavy (non-hydrogen) atoms. The van der Waals surface area contributed by atoms with E-state index in [2.05, 4.69) is 27.7 Å². The topological polar surface area (TPSA) is 36.9 Å². The van der Waals surface area contributed by atoms with Crippen LogP contribution in [0.4, 0.5) is 0 Å². The molecule has 0 rings (SSSR count). The molecule has 0 saturated heterocycles. The monoisotopic (exact) mass is 1330 g/mol. The van der Waals surface area contributed by atoms with E-state index < -0.39 is 11.4 Å². The van der Waals surface area contributed by atoms with Crippen molar-refractivity contribution in [1.82, 2.24) is 0 Å². The molecule has 0 aliphatic heterocycles. The first-order valence-electron chi connectivity index (χ1n) is 37.4. The van der Waals surface area contributed by atoms with Crippen LogP contribution in [0.3, 0.4) is 0 Å². The maximum atomic E-state index is 5.80. The van der Waals surface area contributed by atoms with Crippen molar-refractivity contribution in [3.8, 4) is 0 Å². The van der Waals surface area contributed by atoms with E-state index in [1.807, 2.05) is 0 Å².